The van der Waals surface area contributed by atoms with Crippen molar-refractivity contribution in [1.82, 2.24) is 0 Å². The lowest BCUT2D eigenvalue weighted by Crippen LogP contribution is -2.29. The summed E-state index contributed by atoms with van der Waals surface area (Å²) in [5.74, 6) is -1.54. The van der Waals surface area contributed by atoms with Crippen LogP contribution in [-0.4, -0.2) is 11.8 Å². The van der Waals surface area contributed by atoms with Crippen molar-refractivity contribution in [3.8, 4) is 0 Å². The van der Waals surface area contributed by atoms with Crippen molar-refractivity contribution in [2.24, 2.45) is 0 Å². The lowest BCUT2D eigenvalue weighted by molar-refractivity contribution is -0.132. The molecule has 6 heteroatoms. The number of nitrogens with one attached hydrogen (secondary N) is 2. The molecule has 4 N–H and O–H groups in total. The van der Waals surface area contributed by atoms with E-state index in [-0.39, 0.29) is 0 Å². The van der Waals surface area contributed by atoms with Gasteiger partial charge < -0.3 is 16.4 Å². The largest absolute Gasteiger partial charge is 0.397 e. The normalized spacial score (nSPS) is 10.0. The van der Waals surface area contributed by atoms with Crippen LogP contribution in [0.25, 0.3) is 0 Å². The first-order valence-electron chi connectivity index (χ1n) is 6.20. The van der Waals surface area contributed by atoms with Gasteiger partial charge in [-0.25, -0.2) is 0 Å². The Morgan fingerprint density at radius 1 is 1.00 bits per heavy atom. The van der Waals surface area contributed by atoms with E-state index in [1.165, 1.54) is 0 Å². The van der Waals surface area contributed by atoms with Crippen molar-refractivity contribution >= 4 is 44.8 Å². The predicted molar refractivity (Wildman–Crippen MR) is 87.0 cm³/mol. The van der Waals surface area contributed by atoms with Crippen LogP contribution in [-0.2, 0) is 9.59 Å². The number of carbonyl (C=O) groups is 2. The van der Waals surface area contributed by atoms with Crippen molar-refractivity contribution in [2.45, 2.75) is 6.92 Å². The first kappa shape index (κ1) is 15.1. The lowest BCUT2D eigenvalue weighted by atomic mass is 10.2. The van der Waals surface area contributed by atoms with Crippen LogP contribution < -0.4 is 16.4 Å². The highest BCUT2D eigenvalue weighted by Gasteiger charge is 2.16. The summed E-state index contributed by atoms with van der Waals surface area (Å²) < 4.78 is 0.695. The number of rotatable bonds is 2. The molecule has 0 unspecified atom stereocenters. The first-order valence-corrected chi connectivity index (χ1v) is 6.99. The highest BCUT2D eigenvalue weighted by Crippen LogP contribution is 2.22. The van der Waals surface area contributed by atoms with Gasteiger partial charge in [0.15, 0.2) is 0 Å². The van der Waals surface area contributed by atoms with E-state index in [0.29, 0.717) is 21.5 Å². The van der Waals surface area contributed by atoms with Gasteiger partial charge >= 0.3 is 11.8 Å². The number of benzene rings is 2. The summed E-state index contributed by atoms with van der Waals surface area (Å²) in [6.45, 7) is 1.89. The highest BCUT2D eigenvalue weighted by atomic mass is 79.9. The molecule has 2 rings (SSSR count). The Labute approximate surface area is 130 Å². The molecule has 5 nitrogen and oxygen atoms in total. The van der Waals surface area contributed by atoms with Gasteiger partial charge in [0, 0.05) is 4.47 Å². The fraction of sp³-hybridized carbons (Fsp3) is 0.0667. The van der Waals surface area contributed by atoms with Crippen LogP contribution in [0.4, 0.5) is 17.1 Å². The van der Waals surface area contributed by atoms with Gasteiger partial charge in [0.2, 0.25) is 0 Å². The number of halogens is 1. The first-order chi connectivity index (χ1) is 9.97. The maximum Gasteiger partial charge on any atom is 0.314 e. The Balaban J connectivity index is 2.06. The molecular formula is C15H14BrN3O2. The third-order valence-electron chi connectivity index (χ3n) is 2.78. The average molecular weight is 348 g/mol. The minimum absolute atomic E-state index is 0.410. The molecule has 0 aliphatic rings. The van der Waals surface area contributed by atoms with Gasteiger partial charge in [-0.3, -0.25) is 9.59 Å². The number of aryl methyl sites for hydroxylation is 1. The zero-order valence-corrected chi connectivity index (χ0v) is 12.9. The number of para-hydroxylation sites is 1. The third kappa shape index (κ3) is 3.82. The lowest BCUT2D eigenvalue weighted by Gasteiger charge is -2.10. The van der Waals surface area contributed by atoms with Gasteiger partial charge in [0.1, 0.15) is 0 Å². The highest BCUT2D eigenvalue weighted by molar-refractivity contribution is 9.10. The van der Waals surface area contributed by atoms with Crippen molar-refractivity contribution in [3.63, 3.8) is 0 Å². The standard InChI is InChI=1S/C15H14BrN3O2/c1-9-6-7-13(11(17)8-9)19-15(21)14(20)18-12-5-3-2-4-10(12)16/h2-8H,17H2,1H3,(H,18,20)(H,19,21). The molecule has 0 fully saturated rings. The van der Waals surface area contributed by atoms with Crippen molar-refractivity contribution in [2.75, 3.05) is 16.4 Å². The van der Waals surface area contributed by atoms with Gasteiger partial charge in [-0.2, -0.15) is 0 Å². The third-order valence-corrected chi connectivity index (χ3v) is 3.48. The smallest absolute Gasteiger partial charge is 0.314 e. The molecule has 2 amide bonds. The summed E-state index contributed by atoms with van der Waals surface area (Å²) >= 11 is 3.29. The van der Waals surface area contributed by atoms with Gasteiger partial charge in [-0.05, 0) is 52.7 Å². The molecule has 108 valence electrons. The molecule has 2 aromatic carbocycles. The number of hydrogen-bond donors (Lipinski definition) is 3. The topological polar surface area (TPSA) is 84.2 Å². The van der Waals surface area contributed by atoms with Crippen LogP contribution in [0, 0.1) is 6.92 Å². The summed E-state index contributed by atoms with van der Waals surface area (Å²) in [7, 11) is 0. The molecule has 0 saturated heterocycles. The number of anilines is 3. The molecule has 21 heavy (non-hydrogen) atoms. The minimum Gasteiger partial charge on any atom is -0.397 e. The Morgan fingerprint density at radius 2 is 1.62 bits per heavy atom. The van der Waals surface area contributed by atoms with E-state index < -0.39 is 11.8 Å². The van der Waals surface area contributed by atoms with Gasteiger partial charge in [-0.15, -0.1) is 0 Å². The monoisotopic (exact) mass is 347 g/mol. The molecule has 0 heterocycles. The van der Waals surface area contributed by atoms with Gasteiger partial charge in [-0.1, -0.05) is 18.2 Å². The van der Waals surface area contributed by atoms with Crippen LogP contribution in [0.5, 0.6) is 0 Å². The number of hydrogen-bond acceptors (Lipinski definition) is 3. The molecule has 0 aliphatic heterocycles. The van der Waals surface area contributed by atoms with E-state index in [1.54, 1.807) is 36.4 Å². The van der Waals surface area contributed by atoms with E-state index in [2.05, 4.69) is 26.6 Å². The zero-order chi connectivity index (χ0) is 15.4. The SMILES string of the molecule is Cc1ccc(NC(=O)C(=O)Nc2ccccc2Br)c(N)c1. The van der Waals surface area contributed by atoms with Crippen molar-refractivity contribution in [1.29, 1.82) is 0 Å². The predicted octanol–water partition coefficient (Wildman–Crippen LogP) is 2.92. The quantitative estimate of drug-likeness (QED) is 0.576. The van der Waals surface area contributed by atoms with Crippen LogP contribution in [0.3, 0.4) is 0 Å². The minimum atomic E-state index is -0.777. The molecule has 0 saturated carbocycles. The average Bonchev–Trinajstić information content (AvgIpc) is 2.44. The van der Waals surface area contributed by atoms with Crippen molar-refractivity contribution < 1.29 is 9.59 Å². The fourth-order valence-corrected chi connectivity index (χ4v) is 2.10. The Morgan fingerprint density at radius 3 is 2.24 bits per heavy atom. The number of amides is 2. The molecule has 0 bridgehead atoms. The molecule has 0 spiro atoms. The molecule has 0 radical (unpaired) electrons. The Hall–Kier alpha value is -2.34. The van der Waals surface area contributed by atoms with E-state index in [9.17, 15) is 9.59 Å². The number of carbonyl (C=O) groups excluding carboxylic acids is 2. The summed E-state index contributed by atoms with van der Waals surface area (Å²) in [6, 6.07) is 12.2. The molecule has 0 atom stereocenters. The van der Waals surface area contributed by atoms with E-state index in [0.717, 1.165) is 5.56 Å². The summed E-state index contributed by atoms with van der Waals surface area (Å²) in [5.41, 5.74) is 8.11. The van der Waals surface area contributed by atoms with Crippen LogP contribution in [0.1, 0.15) is 5.56 Å². The van der Waals surface area contributed by atoms with E-state index >= 15 is 0 Å². The Bertz CT molecular complexity index is 701. The van der Waals surface area contributed by atoms with E-state index in [1.807, 2.05) is 13.0 Å². The second-order valence-electron chi connectivity index (χ2n) is 4.48. The van der Waals surface area contributed by atoms with Gasteiger partial charge in [0.25, 0.3) is 0 Å². The van der Waals surface area contributed by atoms with E-state index in [4.69, 9.17) is 5.73 Å². The van der Waals surface area contributed by atoms with Gasteiger partial charge in [0.05, 0.1) is 17.1 Å². The van der Waals surface area contributed by atoms with Crippen LogP contribution >= 0.6 is 15.9 Å². The summed E-state index contributed by atoms with van der Waals surface area (Å²) in [6.07, 6.45) is 0. The number of nitrogens with two attached hydrogens (primary N) is 1. The second kappa shape index (κ2) is 6.41. The summed E-state index contributed by atoms with van der Waals surface area (Å²) in [5, 5.41) is 5.01. The maximum absolute atomic E-state index is 11.9. The van der Waals surface area contributed by atoms with Crippen LogP contribution in [0.15, 0.2) is 46.9 Å². The maximum atomic E-state index is 11.9. The second-order valence-corrected chi connectivity index (χ2v) is 5.33. The summed E-state index contributed by atoms with van der Waals surface area (Å²) in [4.78, 5) is 23.7. The van der Waals surface area contributed by atoms with Crippen LogP contribution in [0.2, 0.25) is 0 Å². The molecule has 2 aromatic rings. The molecule has 0 aliphatic carbocycles. The number of nitrogen functional groups attached to an aromatic ring is 1. The Kier molecular flexibility index (Phi) is 4.59. The fourth-order valence-electron chi connectivity index (χ4n) is 1.72. The molecular weight excluding hydrogens is 334 g/mol. The van der Waals surface area contributed by atoms with Crippen molar-refractivity contribution in [3.05, 3.63) is 52.5 Å². The zero-order valence-electron chi connectivity index (χ0n) is 11.3. The molecule has 0 aromatic heterocycles.